The number of hydrogen-bond acceptors (Lipinski definition) is 1. The van der Waals surface area contributed by atoms with Crippen molar-refractivity contribution in [2.24, 2.45) is 0 Å². The summed E-state index contributed by atoms with van der Waals surface area (Å²) in [7, 11) is 0. The minimum absolute atomic E-state index is 0.102. The number of benzene rings is 1. The van der Waals surface area contributed by atoms with Crippen molar-refractivity contribution in [3.63, 3.8) is 0 Å². The second kappa shape index (κ2) is 6.86. The fraction of sp³-hybridized carbons (Fsp3) is 0.364. The number of hydrogen-bond donors (Lipinski definition) is 1. The van der Waals surface area contributed by atoms with Crippen molar-refractivity contribution in [1.82, 2.24) is 0 Å². The van der Waals surface area contributed by atoms with Crippen molar-refractivity contribution in [3.8, 4) is 0 Å². The van der Waals surface area contributed by atoms with Crippen LogP contribution in [-0.4, -0.2) is 11.2 Å². The minimum Gasteiger partial charge on any atom is -0.325 e. The lowest BCUT2D eigenvalue weighted by Gasteiger charge is -2.06. The van der Waals surface area contributed by atoms with E-state index in [0.29, 0.717) is 12.1 Å². The number of nitrogens with one attached hydrogen (secondary N) is 1. The summed E-state index contributed by atoms with van der Waals surface area (Å²) in [6.07, 6.45) is 2.21. The van der Waals surface area contributed by atoms with Gasteiger partial charge in [0.05, 0.1) is 10.7 Å². The summed E-state index contributed by atoms with van der Waals surface area (Å²) in [4.78, 5) is 11.4. The van der Waals surface area contributed by atoms with E-state index >= 15 is 0 Å². The number of rotatable bonds is 5. The molecule has 2 nitrogen and oxygen atoms in total. The van der Waals surface area contributed by atoms with E-state index in [4.69, 9.17) is 11.6 Å². The summed E-state index contributed by atoms with van der Waals surface area (Å²) >= 11 is 9.06. The van der Waals surface area contributed by atoms with Gasteiger partial charge in [0.1, 0.15) is 5.82 Å². The van der Waals surface area contributed by atoms with Crippen LogP contribution in [0.2, 0.25) is 5.02 Å². The lowest BCUT2D eigenvalue weighted by atomic mass is 10.2. The first-order valence-corrected chi connectivity index (χ1v) is 6.44. The average Bonchev–Trinajstić information content (AvgIpc) is 2.23. The molecule has 1 rings (SSSR count). The Bertz CT molecular complexity index is 373. The fourth-order valence-electron chi connectivity index (χ4n) is 1.18. The highest BCUT2D eigenvalue weighted by molar-refractivity contribution is 9.09. The van der Waals surface area contributed by atoms with Gasteiger partial charge in [-0.2, -0.15) is 0 Å². The molecule has 1 aromatic carbocycles. The van der Waals surface area contributed by atoms with Crippen molar-refractivity contribution in [1.29, 1.82) is 0 Å². The average molecular weight is 309 g/mol. The summed E-state index contributed by atoms with van der Waals surface area (Å²) in [6, 6.07) is 3.90. The van der Waals surface area contributed by atoms with E-state index in [1.165, 1.54) is 18.2 Å². The normalized spacial score (nSPS) is 10.2. The second-order valence-corrected chi connectivity index (χ2v) is 4.52. The third kappa shape index (κ3) is 4.49. The molecule has 0 spiro atoms. The molecule has 0 saturated heterocycles. The Morgan fingerprint density at radius 2 is 2.19 bits per heavy atom. The van der Waals surface area contributed by atoms with E-state index in [-0.39, 0.29) is 10.9 Å². The molecule has 0 radical (unpaired) electrons. The molecular weight excluding hydrogens is 296 g/mol. The largest absolute Gasteiger partial charge is 0.325 e. The molecule has 16 heavy (non-hydrogen) atoms. The van der Waals surface area contributed by atoms with Gasteiger partial charge in [0, 0.05) is 11.8 Å². The maximum Gasteiger partial charge on any atom is 0.224 e. The molecule has 0 aliphatic heterocycles. The van der Waals surface area contributed by atoms with Crippen LogP contribution in [0.25, 0.3) is 0 Å². The smallest absolute Gasteiger partial charge is 0.224 e. The molecular formula is C11H12BrClFNO. The summed E-state index contributed by atoms with van der Waals surface area (Å²) in [5.74, 6) is -0.517. The summed E-state index contributed by atoms with van der Waals surface area (Å²) in [6.45, 7) is 0. The van der Waals surface area contributed by atoms with Gasteiger partial charge in [-0.3, -0.25) is 4.79 Å². The third-order valence-corrected chi connectivity index (χ3v) is 2.87. The van der Waals surface area contributed by atoms with Crippen LogP contribution in [0.4, 0.5) is 10.1 Å². The number of unbranched alkanes of at least 4 members (excludes halogenated alkanes) is 1. The van der Waals surface area contributed by atoms with Crippen molar-refractivity contribution in [3.05, 3.63) is 29.0 Å². The van der Waals surface area contributed by atoms with E-state index in [9.17, 15) is 9.18 Å². The lowest BCUT2D eigenvalue weighted by Crippen LogP contribution is -2.11. The molecule has 0 aliphatic rings. The maximum atomic E-state index is 12.7. The molecule has 0 heterocycles. The van der Waals surface area contributed by atoms with Gasteiger partial charge in [0.15, 0.2) is 0 Å². The number of anilines is 1. The van der Waals surface area contributed by atoms with Gasteiger partial charge in [-0.05, 0) is 31.0 Å². The van der Waals surface area contributed by atoms with Gasteiger partial charge in [0.2, 0.25) is 5.91 Å². The predicted octanol–water partition coefficient (Wildman–Crippen LogP) is 3.98. The van der Waals surface area contributed by atoms with Gasteiger partial charge in [0.25, 0.3) is 0 Å². The standard InChI is InChI=1S/C11H12BrClFNO/c12-6-2-1-3-11(16)15-10-5-4-8(14)7-9(10)13/h4-5,7H,1-3,6H2,(H,15,16). The predicted molar refractivity (Wildman–Crippen MR) is 67.7 cm³/mol. The van der Waals surface area contributed by atoms with Crippen molar-refractivity contribution < 1.29 is 9.18 Å². The molecule has 0 saturated carbocycles. The van der Waals surface area contributed by atoms with Crippen molar-refractivity contribution >= 4 is 39.1 Å². The number of carbonyl (C=O) groups excluding carboxylic acids is 1. The van der Waals surface area contributed by atoms with Gasteiger partial charge in [-0.25, -0.2) is 4.39 Å². The first-order chi connectivity index (χ1) is 7.63. The zero-order valence-electron chi connectivity index (χ0n) is 8.60. The van der Waals surface area contributed by atoms with Gasteiger partial charge in [-0.15, -0.1) is 0 Å². The Morgan fingerprint density at radius 3 is 2.81 bits per heavy atom. The first-order valence-electron chi connectivity index (χ1n) is 4.94. The topological polar surface area (TPSA) is 29.1 Å². The Balaban J connectivity index is 2.49. The van der Waals surface area contributed by atoms with Crippen LogP contribution < -0.4 is 5.32 Å². The second-order valence-electron chi connectivity index (χ2n) is 3.32. The third-order valence-electron chi connectivity index (χ3n) is 1.99. The van der Waals surface area contributed by atoms with Gasteiger partial charge in [-0.1, -0.05) is 27.5 Å². The number of alkyl halides is 1. The molecule has 1 amide bonds. The molecule has 0 aliphatic carbocycles. The van der Waals surface area contributed by atoms with E-state index in [2.05, 4.69) is 21.2 Å². The summed E-state index contributed by atoms with van der Waals surface area (Å²) < 4.78 is 12.7. The fourth-order valence-corrected chi connectivity index (χ4v) is 1.79. The molecule has 1 N–H and O–H groups in total. The molecule has 1 aromatic rings. The Kier molecular flexibility index (Phi) is 5.77. The Hall–Kier alpha value is -0.610. The Labute approximate surface area is 107 Å². The molecule has 0 aromatic heterocycles. The van der Waals surface area contributed by atoms with Crippen LogP contribution in [0.5, 0.6) is 0 Å². The van der Waals surface area contributed by atoms with Gasteiger partial charge >= 0.3 is 0 Å². The van der Waals surface area contributed by atoms with Crippen LogP contribution in [0.15, 0.2) is 18.2 Å². The highest BCUT2D eigenvalue weighted by Gasteiger charge is 2.06. The van der Waals surface area contributed by atoms with Crippen molar-refractivity contribution in [2.45, 2.75) is 19.3 Å². The van der Waals surface area contributed by atoms with Crippen LogP contribution in [0, 0.1) is 5.82 Å². The number of halogens is 3. The molecule has 0 atom stereocenters. The molecule has 5 heteroatoms. The quantitative estimate of drug-likeness (QED) is 0.647. The first kappa shape index (κ1) is 13.5. The van der Waals surface area contributed by atoms with E-state index < -0.39 is 5.82 Å². The minimum atomic E-state index is -0.415. The Morgan fingerprint density at radius 1 is 1.44 bits per heavy atom. The molecule has 0 unspecified atom stereocenters. The molecule has 0 fully saturated rings. The summed E-state index contributed by atoms with van der Waals surface area (Å²) in [5.41, 5.74) is 0.451. The highest BCUT2D eigenvalue weighted by Crippen LogP contribution is 2.22. The summed E-state index contributed by atoms with van der Waals surface area (Å²) in [5, 5.41) is 3.75. The monoisotopic (exact) mass is 307 g/mol. The van der Waals surface area contributed by atoms with E-state index in [0.717, 1.165) is 18.2 Å². The number of carbonyl (C=O) groups is 1. The van der Waals surface area contributed by atoms with Crippen LogP contribution in [0.1, 0.15) is 19.3 Å². The van der Waals surface area contributed by atoms with Crippen LogP contribution >= 0.6 is 27.5 Å². The van der Waals surface area contributed by atoms with E-state index in [1.807, 2.05) is 0 Å². The van der Waals surface area contributed by atoms with Crippen molar-refractivity contribution in [2.75, 3.05) is 10.6 Å². The highest BCUT2D eigenvalue weighted by atomic mass is 79.9. The molecule has 88 valence electrons. The maximum absolute atomic E-state index is 12.7. The lowest BCUT2D eigenvalue weighted by molar-refractivity contribution is -0.116. The van der Waals surface area contributed by atoms with E-state index in [1.54, 1.807) is 0 Å². The SMILES string of the molecule is O=C(CCCCBr)Nc1ccc(F)cc1Cl. The number of amides is 1. The van der Waals surface area contributed by atoms with Crippen LogP contribution in [0.3, 0.4) is 0 Å². The van der Waals surface area contributed by atoms with Crippen LogP contribution in [-0.2, 0) is 4.79 Å². The zero-order chi connectivity index (χ0) is 12.0. The molecule has 0 bridgehead atoms. The zero-order valence-corrected chi connectivity index (χ0v) is 10.9. The van der Waals surface area contributed by atoms with Gasteiger partial charge < -0.3 is 5.32 Å².